The number of aliphatic hydroxyl groups excluding tert-OH is 1. The van der Waals surface area contributed by atoms with E-state index in [4.69, 9.17) is 11.6 Å². The van der Waals surface area contributed by atoms with Crippen LogP contribution in [-0.2, 0) is 6.54 Å². The average molecular weight is 266 g/mol. The van der Waals surface area contributed by atoms with Crippen molar-refractivity contribution in [2.75, 3.05) is 0 Å². The third kappa shape index (κ3) is 2.89. The SMILES string of the molecule is CC[C@@H](O)Cn1nc(-c2ccc(Cl)cc2)nc1C. The number of nitrogens with zero attached hydrogens (tertiary/aromatic N) is 3. The molecule has 0 aliphatic heterocycles. The largest absolute Gasteiger partial charge is 0.391 e. The fourth-order valence-electron chi connectivity index (χ4n) is 1.64. The Labute approximate surface area is 111 Å². The first-order valence-electron chi connectivity index (χ1n) is 5.95. The zero-order valence-corrected chi connectivity index (χ0v) is 11.2. The Bertz CT molecular complexity index is 522. The first kappa shape index (κ1) is 13.1. The van der Waals surface area contributed by atoms with Crippen molar-refractivity contribution in [2.45, 2.75) is 32.9 Å². The van der Waals surface area contributed by atoms with Crippen LogP contribution < -0.4 is 0 Å². The molecule has 5 heteroatoms. The number of hydrogen-bond donors (Lipinski definition) is 1. The quantitative estimate of drug-likeness (QED) is 0.925. The van der Waals surface area contributed by atoms with Crippen LogP contribution in [0.2, 0.25) is 5.02 Å². The first-order chi connectivity index (χ1) is 8.60. The summed E-state index contributed by atoms with van der Waals surface area (Å²) in [5.41, 5.74) is 0.923. The summed E-state index contributed by atoms with van der Waals surface area (Å²) in [5, 5.41) is 14.7. The van der Waals surface area contributed by atoms with Gasteiger partial charge in [-0.15, -0.1) is 0 Å². The van der Waals surface area contributed by atoms with Gasteiger partial charge >= 0.3 is 0 Å². The molecule has 0 aliphatic carbocycles. The molecule has 0 saturated carbocycles. The van der Waals surface area contributed by atoms with Gasteiger partial charge in [0, 0.05) is 10.6 Å². The van der Waals surface area contributed by atoms with E-state index in [1.807, 2.05) is 38.1 Å². The van der Waals surface area contributed by atoms with Gasteiger partial charge in [-0.1, -0.05) is 18.5 Å². The molecule has 0 amide bonds. The highest BCUT2D eigenvalue weighted by atomic mass is 35.5. The Morgan fingerprint density at radius 2 is 2.00 bits per heavy atom. The van der Waals surface area contributed by atoms with Crippen LogP contribution in [0.1, 0.15) is 19.2 Å². The zero-order chi connectivity index (χ0) is 13.1. The average Bonchev–Trinajstić information content (AvgIpc) is 2.71. The Morgan fingerprint density at radius 3 is 2.61 bits per heavy atom. The maximum atomic E-state index is 9.65. The van der Waals surface area contributed by atoms with Gasteiger partial charge in [-0.05, 0) is 37.6 Å². The van der Waals surface area contributed by atoms with Crippen LogP contribution in [0.25, 0.3) is 11.4 Å². The Morgan fingerprint density at radius 1 is 1.33 bits per heavy atom. The third-order valence-corrected chi connectivity index (χ3v) is 3.07. The van der Waals surface area contributed by atoms with Gasteiger partial charge in [-0.25, -0.2) is 9.67 Å². The molecule has 1 aromatic carbocycles. The number of halogens is 1. The number of aryl methyl sites for hydroxylation is 1. The standard InChI is InChI=1S/C13H16ClN3O/c1-3-12(18)8-17-9(2)15-13(16-17)10-4-6-11(14)7-5-10/h4-7,12,18H,3,8H2,1-2H3/t12-/m1/s1. The van der Waals surface area contributed by atoms with E-state index in [9.17, 15) is 5.11 Å². The maximum absolute atomic E-state index is 9.65. The minimum atomic E-state index is -0.386. The molecule has 2 rings (SSSR count). The molecule has 4 nitrogen and oxygen atoms in total. The molecule has 18 heavy (non-hydrogen) atoms. The summed E-state index contributed by atoms with van der Waals surface area (Å²) in [6.45, 7) is 4.30. The van der Waals surface area contributed by atoms with Crippen LogP contribution in [0.3, 0.4) is 0 Å². The molecule has 0 fully saturated rings. The molecule has 96 valence electrons. The van der Waals surface area contributed by atoms with E-state index in [0.29, 0.717) is 23.8 Å². The van der Waals surface area contributed by atoms with Crippen LogP contribution in [0.4, 0.5) is 0 Å². The summed E-state index contributed by atoms with van der Waals surface area (Å²) < 4.78 is 1.73. The van der Waals surface area contributed by atoms with Crippen molar-refractivity contribution in [1.29, 1.82) is 0 Å². The maximum Gasteiger partial charge on any atom is 0.181 e. The highest BCUT2D eigenvalue weighted by molar-refractivity contribution is 6.30. The third-order valence-electron chi connectivity index (χ3n) is 2.81. The van der Waals surface area contributed by atoms with E-state index < -0.39 is 0 Å². The molecular formula is C13H16ClN3O. The van der Waals surface area contributed by atoms with Crippen molar-refractivity contribution < 1.29 is 5.11 Å². The lowest BCUT2D eigenvalue weighted by molar-refractivity contribution is 0.144. The van der Waals surface area contributed by atoms with E-state index in [0.717, 1.165) is 11.4 Å². The van der Waals surface area contributed by atoms with E-state index >= 15 is 0 Å². The van der Waals surface area contributed by atoms with Crippen LogP contribution in [0, 0.1) is 6.92 Å². The molecule has 1 heterocycles. The Hall–Kier alpha value is -1.39. The van der Waals surface area contributed by atoms with Gasteiger partial charge in [-0.3, -0.25) is 0 Å². The summed E-state index contributed by atoms with van der Waals surface area (Å²) in [4.78, 5) is 4.40. The normalized spacial score (nSPS) is 12.7. The molecule has 0 radical (unpaired) electrons. The van der Waals surface area contributed by atoms with Gasteiger partial charge < -0.3 is 5.11 Å². The monoisotopic (exact) mass is 265 g/mol. The lowest BCUT2D eigenvalue weighted by atomic mass is 10.2. The fraction of sp³-hybridized carbons (Fsp3) is 0.385. The predicted octanol–water partition coefficient (Wildman–Crippen LogP) is 2.68. The molecular weight excluding hydrogens is 250 g/mol. The molecule has 1 aromatic heterocycles. The molecule has 0 spiro atoms. The van der Waals surface area contributed by atoms with Crippen molar-refractivity contribution >= 4 is 11.6 Å². The van der Waals surface area contributed by atoms with E-state index in [1.54, 1.807) is 4.68 Å². The van der Waals surface area contributed by atoms with Crippen molar-refractivity contribution in [3.05, 3.63) is 35.1 Å². The number of aromatic nitrogens is 3. The van der Waals surface area contributed by atoms with Gasteiger partial charge in [-0.2, -0.15) is 5.10 Å². The zero-order valence-electron chi connectivity index (χ0n) is 10.5. The molecule has 2 aromatic rings. The summed E-state index contributed by atoms with van der Waals surface area (Å²) in [6.07, 6.45) is 0.318. The second-order valence-corrected chi connectivity index (χ2v) is 4.67. The number of rotatable bonds is 4. The van der Waals surface area contributed by atoms with E-state index in [1.165, 1.54) is 0 Å². The number of benzene rings is 1. The van der Waals surface area contributed by atoms with Gasteiger partial charge in [0.05, 0.1) is 12.6 Å². The van der Waals surface area contributed by atoms with E-state index in [-0.39, 0.29) is 6.10 Å². The lowest BCUT2D eigenvalue weighted by Gasteiger charge is -2.07. The predicted molar refractivity (Wildman–Crippen MR) is 71.5 cm³/mol. The summed E-state index contributed by atoms with van der Waals surface area (Å²) >= 11 is 5.84. The highest BCUT2D eigenvalue weighted by Gasteiger charge is 2.10. The van der Waals surface area contributed by atoms with E-state index in [2.05, 4.69) is 10.1 Å². The van der Waals surface area contributed by atoms with Gasteiger partial charge in [0.25, 0.3) is 0 Å². The minimum Gasteiger partial charge on any atom is -0.391 e. The molecule has 0 unspecified atom stereocenters. The number of aliphatic hydroxyl groups is 1. The van der Waals surface area contributed by atoms with Crippen LogP contribution in [0.15, 0.2) is 24.3 Å². The van der Waals surface area contributed by atoms with Crippen molar-refractivity contribution in [3.8, 4) is 11.4 Å². The fourth-order valence-corrected chi connectivity index (χ4v) is 1.77. The summed E-state index contributed by atoms with van der Waals surface area (Å²) in [7, 11) is 0. The second-order valence-electron chi connectivity index (χ2n) is 4.23. The molecule has 0 saturated heterocycles. The number of hydrogen-bond acceptors (Lipinski definition) is 3. The lowest BCUT2D eigenvalue weighted by Crippen LogP contribution is -2.16. The smallest absolute Gasteiger partial charge is 0.181 e. The molecule has 1 N–H and O–H groups in total. The Kier molecular flexibility index (Phi) is 3.99. The van der Waals surface area contributed by atoms with Crippen molar-refractivity contribution in [1.82, 2.24) is 14.8 Å². The Balaban J connectivity index is 2.25. The summed E-state index contributed by atoms with van der Waals surface area (Å²) in [5.74, 6) is 1.46. The van der Waals surface area contributed by atoms with Gasteiger partial charge in [0.2, 0.25) is 0 Å². The van der Waals surface area contributed by atoms with Crippen LogP contribution >= 0.6 is 11.6 Å². The molecule has 0 bridgehead atoms. The van der Waals surface area contributed by atoms with Gasteiger partial charge in [0.1, 0.15) is 5.82 Å². The van der Waals surface area contributed by atoms with Crippen LogP contribution in [0.5, 0.6) is 0 Å². The van der Waals surface area contributed by atoms with Crippen LogP contribution in [-0.4, -0.2) is 26.0 Å². The topological polar surface area (TPSA) is 50.9 Å². The summed E-state index contributed by atoms with van der Waals surface area (Å²) in [6, 6.07) is 7.40. The molecule has 1 atom stereocenters. The molecule has 0 aliphatic rings. The van der Waals surface area contributed by atoms with Crippen molar-refractivity contribution in [3.63, 3.8) is 0 Å². The first-order valence-corrected chi connectivity index (χ1v) is 6.33. The van der Waals surface area contributed by atoms with Crippen molar-refractivity contribution in [2.24, 2.45) is 0 Å². The highest BCUT2D eigenvalue weighted by Crippen LogP contribution is 2.18. The second kappa shape index (κ2) is 5.50. The minimum absolute atomic E-state index is 0.386. The van der Waals surface area contributed by atoms with Gasteiger partial charge in [0.15, 0.2) is 5.82 Å².